The highest BCUT2D eigenvalue weighted by Gasteiger charge is 2.13. The van der Waals surface area contributed by atoms with Crippen LogP contribution in [-0.4, -0.2) is 35.6 Å². The van der Waals surface area contributed by atoms with Crippen molar-refractivity contribution in [2.45, 2.75) is 104 Å². The average molecular weight is 473 g/mol. The Morgan fingerprint density at radius 3 is 0.879 bits per heavy atom. The van der Waals surface area contributed by atoms with Crippen molar-refractivity contribution < 1.29 is 14.9 Å². The van der Waals surface area contributed by atoms with Gasteiger partial charge in [0, 0.05) is 0 Å². The van der Waals surface area contributed by atoms with E-state index in [1.165, 1.54) is 64.2 Å². The minimum atomic E-state index is -0.125. The summed E-state index contributed by atoms with van der Waals surface area (Å²) in [6, 6.07) is 0. The highest BCUT2D eigenvalue weighted by molar-refractivity contribution is 4.62. The van der Waals surface area contributed by atoms with E-state index < -0.39 is 0 Å². The summed E-state index contributed by atoms with van der Waals surface area (Å²) in [5.74, 6) is 0. The molecule has 0 amide bonds. The van der Waals surface area contributed by atoms with Crippen LogP contribution in [0.4, 0.5) is 0 Å². The summed E-state index contributed by atoms with van der Waals surface area (Å²) in [6.07, 6.45) is 13.9. The lowest BCUT2D eigenvalue weighted by molar-refractivity contribution is -0.0256. The van der Waals surface area contributed by atoms with E-state index in [0.717, 1.165) is 0 Å². The van der Waals surface area contributed by atoms with Crippen molar-refractivity contribution in [3.05, 3.63) is 78.9 Å². The Kier molecular flexibility index (Phi) is 139. The summed E-state index contributed by atoms with van der Waals surface area (Å²) in [7, 11) is 0. The maximum absolute atomic E-state index is 7.62. The molecule has 0 aliphatic heterocycles. The van der Waals surface area contributed by atoms with E-state index in [2.05, 4.69) is 107 Å². The molecule has 3 nitrogen and oxygen atoms in total. The van der Waals surface area contributed by atoms with Crippen LogP contribution in [0, 0.1) is 0 Å². The lowest BCUT2D eigenvalue weighted by Crippen LogP contribution is -2.21. The molecule has 0 saturated heterocycles. The Hall–Kier alpha value is -1.68. The molecule has 0 aliphatic rings. The van der Waals surface area contributed by atoms with Gasteiger partial charge >= 0.3 is 0 Å². The van der Waals surface area contributed by atoms with Crippen molar-refractivity contribution in [2.75, 3.05) is 13.2 Å². The van der Waals surface area contributed by atoms with E-state index in [1.54, 1.807) is 0 Å². The molecule has 0 rings (SSSR count). The number of hydrogen-bond donors (Lipinski definition) is 2. The molecule has 0 aliphatic carbocycles. The van der Waals surface area contributed by atoms with Gasteiger partial charge in [0.15, 0.2) is 0 Å². The number of aliphatic hydroxyl groups is 2. The number of rotatable bonds is 13. The summed E-state index contributed by atoms with van der Waals surface area (Å²) in [4.78, 5) is 0. The molecule has 0 aromatic rings. The first-order valence-electron chi connectivity index (χ1n) is 12.1. The molecule has 2 N–H and O–H groups in total. The van der Waals surface area contributed by atoms with Gasteiger partial charge in [0.1, 0.15) is 0 Å². The predicted molar refractivity (Wildman–Crippen MR) is 159 cm³/mol. The topological polar surface area (TPSA) is 49.7 Å². The van der Waals surface area contributed by atoms with Crippen LogP contribution in [0.15, 0.2) is 78.9 Å². The number of hydrogen-bond acceptors (Lipinski definition) is 3. The van der Waals surface area contributed by atoms with Gasteiger partial charge in [0.2, 0.25) is 0 Å². The SMILES string of the molecule is C=C.C=C.C=C.C=C.C=C.C=C.CCCCCC(CC)OC(CC)CCCCC.OCCO. The standard InChI is InChI=1S/C16H34O.C2H6O2.6C2H4/c1-5-9-11-13-15(7-3)17-16(8-4)14-12-10-6-2;3-1-2-4;6*1-2/h15-16H,5-14H2,1-4H3;3-4H,1-2H2;6*1-2H2. The third-order valence-corrected chi connectivity index (χ3v) is 3.65. The molecule has 202 valence electrons. The van der Waals surface area contributed by atoms with Crippen LogP contribution in [0.5, 0.6) is 0 Å². The number of unbranched alkanes of at least 4 members (excludes halogenated alkanes) is 4. The normalized spacial score (nSPS) is 9.27. The third kappa shape index (κ3) is 81.1. The second-order valence-corrected chi connectivity index (χ2v) is 5.64. The van der Waals surface area contributed by atoms with Gasteiger partial charge in [0.25, 0.3) is 0 Å². The predicted octanol–water partition coefficient (Wildman–Crippen LogP) is 9.50. The second-order valence-electron chi connectivity index (χ2n) is 5.64. The smallest absolute Gasteiger partial charge is 0.0662 e. The first kappa shape index (κ1) is 52.9. The van der Waals surface area contributed by atoms with Crippen LogP contribution >= 0.6 is 0 Å². The van der Waals surface area contributed by atoms with Crippen LogP contribution in [0.3, 0.4) is 0 Å². The molecule has 0 aromatic carbocycles. The average Bonchev–Trinajstić information content (AvgIpc) is 2.94. The maximum Gasteiger partial charge on any atom is 0.0662 e. The molecule has 0 radical (unpaired) electrons. The van der Waals surface area contributed by atoms with E-state index in [-0.39, 0.29) is 13.2 Å². The first-order valence-corrected chi connectivity index (χ1v) is 12.1. The maximum atomic E-state index is 7.62. The van der Waals surface area contributed by atoms with E-state index in [4.69, 9.17) is 14.9 Å². The zero-order chi connectivity index (χ0) is 28.3. The zero-order valence-corrected chi connectivity index (χ0v) is 23.4. The Morgan fingerprint density at radius 1 is 0.485 bits per heavy atom. The van der Waals surface area contributed by atoms with Crippen molar-refractivity contribution in [1.29, 1.82) is 0 Å². The van der Waals surface area contributed by atoms with Gasteiger partial charge < -0.3 is 14.9 Å². The van der Waals surface area contributed by atoms with Gasteiger partial charge in [-0.15, -0.1) is 78.9 Å². The molecule has 2 atom stereocenters. The second kappa shape index (κ2) is 86.9. The molecule has 2 unspecified atom stereocenters. The quantitative estimate of drug-likeness (QED) is 0.207. The van der Waals surface area contributed by atoms with Gasteiger partial charge in [-0.05, 0) is 25.7 Å². The summed E-state index contributed by atoms with van der Waals surface area (Å²) < 4.78 is 6.24. The molecule has 33 heavy (non-hydrogen) atoms. The fraction of sp³-hybridized carbons (Fsp3) is 0.600. The Balaban J connectivity index is -0.0000000540. The van der Waals surface area contributed by atoms with E-state index in [1.807, 2.05) is 0 Å². The third-order valence-electron chi connectivity index (χ3n) is 3.65. The van der Waals surface area contributed by atoms with Crippen LogP contribution in [-0.2, 0) is 4.74 Å². The molecular weight excluding hydrogens is 408 g/mol. The highest BCUT2D eigenvalue weighted by atomic mass is 16.5. The molecule has 3 heteroatoms. The molecule has 0 heterocycles. The minimum Gasteiger partial charge on any atom is -0.394 e. The lowest BCUT2D eigenvalue weighted by Gasteiger charge is -2.23. The van der Waals surface area contributed by atoms with Crippen LogP contribution in [0.1, 0.15) is 91.9 Å². The molecule has 0 spiro atoms. The number of ether oxygens (including phenoxy) is 1. The Labute approximate surface area is 211 Å². The molecule has 0 saturated carbocycles. The summed E-state index contributed by atoms with van der Waals surface area (Å²) in [6.45, 7) is 44.8. The van der Waals surface area contributed by atoms with E-state index >= 15 is 0 Å². The molecule has 0 aromatic heterocycles. The van der Waals surface area contributed by atoms with Crippen molar-refractivity contribution in [3.8, 4) is 0 Å². The minimum absolute atomic E-state index is 0.125. The lowest BCUT2D eigenvalue weighted by atomic mass is 10.1. The van der Waals surface area contributed by atoms with Crippen molar-refractivity contribution in [2.24, 2.45) is 0 Å². The van der Waals surface area contributed by atoms with Crippen molar-refractivity contribution in [1.82, 2.24) is 0 Å². The number of aliphatic hydroxyl groups excluding tert-OH is 2. The van der Waals surface area contributed by atoms with Gasteiger partial charge in [-0.2, -0.15) is 0 Å². The zero-order valence-electron chi connectivity index (χ0n) is 23.4. The van der Waals surface area contributed by atoms with Crippen molar-refractivity contribution >= 4 is 0 Å². The van der Waals surface area contributed by atoms with Crippen LogP contribution < -0.4 is 0 Å². The molecular formula is C30H64O3. The largest absolute Gasteiger partial charge is 0.394 e. The Morgan fingerprint density at radius 2 is 0.727 bits per heavy atom. The first-order chi connectivity index (χ1) is 16.2. The van der Waals surface area contributed by atoms with Gasteiger partial charge in [0.05, 0.1) is 25.4 Å². The monoisotopic (exact) mass is 472 g/mol. The van der Waals surface area contributed by atoms with Gasteiger partial charge in [-0.25, -0.2) is 0 Å². The van der Waals surface area contributed by atoms with E-state index in [0.29, 0.717) is 12.2 Å². The summed E-state index contributed by atoms with van der Waals surface area (Å²) in [5.41, 5.74) is 0. The molecule has 0 fully saturated rings. The van der Waals surface area contributed by atoms with Crippen molar-refractivity contribution in [3.63, 3.8) is 0 Å². The van der Waals surface area contributed by atoms with E-state index in [9.17, 15) is 0 Å². The highest BCUT2D eigenvalue weighted by Crippen LogP contribution is 2.17. The fourth-order valence-corrected chi connectivity index (χ4v) is 2.25. The summed E-state index contributed by atoms with van der Waals surface area (Å²) in [5, 5.41) is 15.2. The van der Waals surface area contributed by atoms with Crippen LogP contribution in [0.25, 0.3) is 0 Å². The van der Waals surface area contributed by atoms with Crippen LogP contribution in [0.2, 0.25) is 0 Å². The van der Waals surface area contributed by atoms with Gasteiger partial charge in [-0.3, -0.25) is 0 Å². The summed E-state index contributed by atoms with van der Waals surface area (Å²) >= 11 is 0. The van der Waals surface area contributed by atoms with Gasteiger partial charge in [-0.1, -0.05) is 66.2 Å². The Bertz CT molecular complexity index is 213. The molecule has 0 bridgehead atoms. The fourth-order valence-electron chi connectivity index (χ4n) is 2.25.